The van der Waals surface area contributed by atoms with Gasteiger partial charge in [-0.15, -0.1) is 0 Å². The van der Waals surface area contributed by atoms with Crippen LogP contribution in [0.15, 0.2) is 61.2 Å². The fourth-order valence-corrected chi connectivity index (χ4v) is 7.74. The van der Waals surface area contributed by atoms with E-state index in [1.54, 1.807) is 21.8 Å². The molecule has 2 aromatic rings. The molecule has 114 valence electrons. The molecule has 0 aliphatic rings. The molecule has 0 aliphatic heterocycles. The molecular formula is C19H22O2Sn. The van der Waals surface area contributed by atoms with Gasteiger partial charge in [0.2, 0.25) is 0 Å². The van der Waals surface area contributed by atoms with Crippen molar-refractivity contribution in [3.8, 4) is 0 Å². The summed E-state index contributed by atoms with van der Waals surface area (Å²) in [5.74, 6) is -1.15. The van der Waals surface area contributed by atoms with Gasteiger partial charge in [-0.25, -0.2) is 0 Å². The maximum absolute atomic E-state index is 10.3. The van der Waals surface area contributed by atoms with Crippen LogP contribution in [0.1, 0.15) is 29.8 Å². The van der Waals surface area contributed by atoms with Gasteiger partial charge >= 0.3 is 76.4 Å². The summed E-state index contributed by atoms with van der Waals surface area (Å²) in [7, 11) is 0. The molecule has 0 saturated carbocycles. The Labute approximate surface area is 140 Å². The minimum atomic E-state index is -1.15. The first-order chi connectivity index (χ1) is 10.6. The maximum atomic E-state index is 10.3. The minimum absolute atomic E-state index is 0.190. The first kappa shape index (κ1) is 18.5. The van der Waals surface area contributed by atoms with E-state index in [-0.39, 0.29) is 5.56 Å². The molecule has 3 heteroatoms. The van der Waals surface area contributed by atoms with Gasteiger partial charge in [-0.2, -0.15) is 0 Å². The van der Waals surface area contributed by atoms with Gasteiger partial charge in [0, 0.05) is 0 Å². The summed E-state index contributed by atoms with van der Waals surface area (Å²) in [5.41, 5.74) is 1.09. The van der Waals surface area contributed by atoms with Crippen LogP contribution < -0.4 is 8.69 Å². The van der Waals surface area contributed by atoms with Gasteiger partial charge in [0.1, 0.15) is 0 Å². The molecule has 0 spiro atoms. The molecular weight excluding hydrogens is 379 g/mol. The molecule has 0 bridgehead atoms. The Morgan fingerprint density at radius 1 is 1.05 bits per heavy atom. The third-order valence-electron chi connectivity index (χ3n) is 3.42. The zero-order chi connectivity index (χ0) is 16.4. The summed E-state index contributed by atoms with van der Waals surface area (Å²) >= 11 is -1.10. The topological polar surface area (TPSA) is 40.1 Å². The monoisotopic (exact) mass is 402 g/mol. The van der Waals surface area contributed by atoms with Crippen LogP contribution in [-0.4, -0.2) is 25.7 Å². The van der Waals surface area contributed by atoms with E-state index in [2.05, 4.69) is 50.8 Å². The van der Waals surface area contributed by atoms with E-state index in [4.69, 9.17) is 0 Å². The number of hydrogen-bond acceptors (Lipinski definition) is 2. The molecule has 0 heterocycles. The molecule has 0 amide bonds. The van der Waals surface area contributed by atoms with Crippen molar-refractivity contribution in [2.45, 2.75) is 22.7 Å². The number of carboxylic acid groups (broad SMARTS) is 1. The van der Waals surface area contributed by atoms with E-state index >= 15 is 0 Å². The Bertz CT molecular complexity index is 572. The van der Waals surface area contributed by atoms with Crippen LogP contribution in [0, 0.1) is 0 Å². The van der Waals surface area contributed by atoms with Crippen LogP contribution in [0.25, 0.3) is 6.08 Å². The van der Waals surface area contributed by atoms with Gasteiger partial charge < -0.3 is 9.90 Å². The predicted molar refractivity (Wildman–Crippen MR) is 93.7 cm³/mol. The van der Waals surface area contributed by atoms with Gasteiger partial charge in [0.05, 0.1) is 5.97 Å². The van der Waals surface area contributed by atoms with Crippen LogP contribution in [0.3, 0.4) is 0 Å². The van der Waals surface area contributed by atoms with Crippen LogP contribution in [-0.2, 0) is 0 Å². The zero-order valence-corrected chi connectivity index (χ0v) is 16.1. The number of hydrogen-bond donors (Lipinski definition) is 0. The number of carbonyl (C=O) groups excluding carboxylic acids is 1. The number of aromatic carboxylic acids is 1. The molecule has 0 atom stereocenters. The van der Waals surface area contributed by atoms with Crippen molar-refractivity contribution in [1.82, 2.24) is 0 Å². The first-order valence-corrected chi connectivity index (χ1v) is 12.9. The molecule has 2 rings (SSSR count). The summed E-state index contributed by atoms with van der Waals surface area (Å²) in [4.78, 5) is 10.3. The van der Waals surface area contributed by atoms with Gasteiger partial charge in [-0.3, -0.25) is 0 Å². The summed E-state index contributed by atoms with van der Waals surface area (Å²) in [6.07, 6.45) is 1.65. The number of rotatable bonds is 5. The van der Waals surface area contributed by atoms with E-state index in [1.807, 2.05) is 0 Å². The van der Waals surface area contributed by atoms with Gasteiger partial charge in [-0.05, 0) is 11.1 Å². The van der Waals surface area contributed by atoms with Crippen molar-refractivity contribution >= 4 is 35.4 Å². The van der Waals surface area contributed by atoms with Crippen molar-refractivity contribution in [2.75, 3.05) is 0 Å². The Morgan fingerprint density at radius 2 is 1.59 bits per heavy atom. The summed E-state index contributed by atoms with van der Waals surface area (Å²) < 4.78 is 4.57. The van der Waals surface area contributed by atoms with Gasteiger partial charge in [0.15, 0.2) is 0 Å². The van der Waals surface area contributed by atoms with Crippen LogP contribution >= 0.6 is 0 Å². The van der Waals surface area contributed by atoms with Crippen LogP contribution in [0.4, 0.5) is 0 Å². The molecule has 2 nitrogen and oxygen atoms in total. The second kappa shape index (κ2) is 10.2. The number of carboxylic acids is 1. The standard InChI is InChI=1S/C9H8O2.C6H5.2C2H5.Sn/c1-2-7-3-5-8(6-4-7)9(10)11;1-2-4-6-5-3-1;2*1-2;/h2-6H,1H2,(H,10,11);1-5H;2*1H2,2H3;/q;;;;+1/p-1. The van der Waals surface area contributed by atoms with E-state index in [9.17, 15) is 9.90 Å². The molecule has 2 aromatic carbocycles. The fraction of sp³-hybridized carbons (Fsp3) is 0.211. The summed E-state index contributed by atoms with van der Waals surface area (Å²) in [6.45, 7) is 8.22. The van der Waals surface area contributed by atoms with E-state index in [0.717, 1.165) is 5.56 Å². The average Bonchev–Trinajstić information content (AvgIpc) is 2.57. The Morgan fingerprint density at radius 3 is 2.00 bits per heavy atom. The van der Waals surface area contributed by atoms with Crippen LogP contribution in [0.2, 0.25) is 8.87 Å². The van der Waals surface area contributed by atoms with Gasteiger partial charge in [0.25, 0.3) is 0 Å². The second-order valence-corrected chi connectivity index (χ2v) is 13.9. The third kappa shape index (κ3) is 6.06. The van der Waals surface area contributed by atoms with E-state index < -0.39 is 25.7 Å². The first-order valence-electron chi connectivity index (χ1n) is 7.46. The van der Waals surface area contributed by atoms with Crippen molar-refractivity contribution in [3.05, 3.63) is 72.3 Å². The van der Waals surface area contributed by atoms with Crippen molar-refractivity contribution in [2.24, 2.45) is 0 Å². The average molecular weight is 401 g/mol. The number of carbonyl (C=O) groups is 1. The molecule has 0 saturated heterocycles. The quantitative estimate of drug-likeness (QED) is 0.723. The summed E-state index contributed by atoms with van der Waals surface area (Å²) in [5, 5.41) is 10.3. The predicted octanol–water partition coefficient (Wildman–Crippen LogP) is 3.12. The molecule has 22 heavy (non-hydrogen) atoms. The second-order valence-electron chi connectivity index (χ2n) is 4.79. The molecule has 0 unspecified atom stereocenters. The number of benzene rings is 2. The van der Waals surface area contributed by atoms with E-state index in [0.29, 0.717) is 0 Å². The van der Waals surface area contributed by atoms with E-state index in [1.165, 1.54) is 21.0 Å². The van der Waals surface area contributed by atoms with Crippen molar-refractivity contribution in [1.29, 1.82) is 0 Å². The third-order valence-corrected chi connectivity index (χ3v) is 11.6. The summed E-state index contributed by atoms with van der Waals surface area (Å²) in [6, 6.07) is 17.4. The molecule has 0 radical (unpaired) electrons. The zero-order valence-electron chi connectivity index (χ0n) is 13.2. The van der Waals surface area contributed by atoms with Crippen molar-refractivity contribution in [3.63, 3.8) is 0 Å². The van der Waals surface area contributed by atoms with Crippen LogP contribution in [0.5, 0.6) is 0 Å². The normalized spacial score (nSPS) is 9.36. The molecule has 0 aromatic heterocycles. The van der Waals surface area contributed by atoms with Gasteiger partial charge in [-0.1, -0.05) is 36.9 Å². The Hall–Kier alpha value is -1.55. The Balaban J connectivity index is 0.000000220. The molecule has 0 aliphatic carbocycles. The Kier molecular flexibility index (Phi) is 8.59. The molecule has 0 N–H and O–H groups in total. The fourth-order valence-electron chi connectivity index (χ4n) is 2.09. The van der Waals surface area contributed by atoms with Crippen molar-refractivity contribution < 1.29 is 9.90 Å². The molecule has 0 fully saturated rings. The SMILES string of the molecule is C=Cc1ccc(C(=O)[O-])cc1.C[CH2][Sn+]([CH2]C)[c]1ccccc1.